The Morgan fingerprint density at radius 3 is 2.80 bits per heavy atom. The zero-order valence-electron chi connectivity index (χ0n) is 6.31. The van der Waals surface area contributed by atoms with Crippen LogP contribution in [-0.2, 0) is 4.79 Å². The molecule has 56 valence electrons. The predicted molar refractivity (Wildman–Crippen MR) is 41.4 cm³/mol. The Bertz CT molecular complexity index is 135. The highest BCUT2D eigenvalue weighted by molar-refractivity contribution is 5.92. The summed E-state index contributed by atoms with van der Waals surface area (Å²) in [5, 5.41) is 2.59. The molecule has 2 heteroatoms. The van der Waals surface area contributed by atoms with E-state index in [-0.39, 0.29) is 5.91 Å². The van der Waals surface area contributed by atoms with Crippen molar-refractivity contribution in [2.75, 3.05) is 6.54 Å². The molecule has 0 aliphatic carbocycles. The van der Waals surface area contributed by atoms with Crippen LogP contribution in [0.4, 0.5) is 0 Å². The highest BCUT2D eigenvalue weighted by Crippen LogP contribution is 1.90. The molecule has 0 fully saturated rings. The van der Waals surface area contributed by atoms with E-state index in [1.54, 1.807) is 0 Å². The van der Waals surface area contributed by atoms with E-state index >= 15 is 0 Å². The van der Waals surface area contributed by atoms with Gasteiger partial charge in [-0.25, -0.2) is 0 Å². The van der Waals surface area contributed by atoms with Crippen LogP contribution in [0.15, 0.2) is 0 Å². The highest BCUT2D eigenvalue weighted by Gasteiger charge is 1.90. The van der Waals surface area contributed by atoms with E-state index in [9.17, 15) is 4.79 Å². The van der Waals surface area contributed by atoms with Gasteiger partial charge in [0.15, 0.2) is 0 Å². The fraction of sp³-hybridized carbons (Fsp3) is 0.625. The third-order valence-electron chi connectivity index (χ3n) is 1.20. The fourth-order valence-electron chi connectivity index (χ4n) is 0.628. The molecule has 0 aromatic heterocycles. The van der Waals surface area contributed by atoms with Crippen LogP contribution in [-0.4, -0.2) is 12.5 Å². The second-order valence-electron chi connectivity index (χ2n) is 2.11. The van der Waals surface area contributed by atoms with Crippen LogP contribution in [0.3, 0.4) is 0 Å². The van der Waals surface area contributed by atoms with Crippen LogP contribution < -0.4 is 5.32 Å². The minimum atomic E-state index is -0.309. The number of hydrogen-bond donors (Lipinski definition) is 1. The third-order valence-corrected chi connectivity index (χ3v) is 1.20. The van der Waals surface area contributed by atoms with Gasteiger partial charge in [0.2, 0.25) is 0 Å². The SMILES string of the molecule is C#CC(=O)NCCCCC. The predicted octanol–water partition coefficient (Wildman–Crippen LogP) is 0.926. The largest absolute Gasteiger partial charge is 0.345 e. The van der Waals surface area contributed by atoms with Crippen LogP contribution in [0.5, 0.6) is 0 Å². The molecule has 1 amide bonds. The first kappa shape index (κ1) is 9.03. The van der Waals surface area contributed by atoms with Gasteiger partial charge in [-0.2, -0.15) is 0 Å². The van der Waals surface area contributed by atoms with Crippen molar-refractivity contribution in [3.8, 4) is 12.3 Å². The van der Waals surface area contributed by atoms with Crippen LogP contribution in [0.1, 0.15) is 26.2 Å². The first-order valence-corrected chi connectivity index (χ1v) is 3.55. The fourth-order valence-corrected chi connectivity index (χ4v) is 0.628. The van der Waals surface area contributed by atoms with E-state index < -0.39 is 0 Å². The normalized spacial score (nSPS) is 8.40. The Balaban J connectivity index is 3.06. The lowest BCUT2D eigenvalue weighted by Gasteiger charge is -1.97. The van der Waals surface area contributed by atoms with Gasteiger partial charge < -0.3 is 5.32 Å². The van der Waals surface area contributed by atoms with E-state index in [2.05, 4.69) is 12.2 Å². The van der Waals surface area contributed by atoms with E-state index in [1.807, 2.05) is 5.92 Å². The first-order valence-electron chi connectivity index (χ1n) is 3.55. The van der Waals surface area contributed by atoms with Gasteiger partial charge in [0.05, 0.1) is 0 Å². The minimum absolute atomic E-state index is 0.309. The van der Waals surface area contributed by atoms with Crippen LogP contribution in [0.25, 0.3) is 0 Å². The number of rotatable bonds is 4. The zero-order chi connectivity index (χ0) is 7.82. The molecule has 0 rings (SSSR count). The lowest BCUT2D eigenvalue weighted by atomic mass is 10.2. The molecule has 0 aliphatic rings. The average molecular weight is 139 g/mol. The maximum atomic E-state index is 10.4. The molecule has 0 saturated carbocycles. The molecule has 2 nitrogen and oxygen atoms in total. The second kappa shape index (κ2) is 6.15. The molecule has 0 atom stereocenters. The molecule has 0 heterocycles. The lowest BCUT2D eigenvalue weighted by Crippen LogP contribution is -2.22. The molecular formula is C8H13NO. The van der Waals surface area contributed by atoms with Crippen LogP contribution >= 0.6 is 0 Å². The molecule has 0 aliphatic heterocycles. The molecule has 0 aromatic rings. The zero-order valence-corrected chi connectivity index (χ0v) is 6.31. The van der Waals surface area contributed by atoms with E-state index in [0.717, 1.165) is 19.3 Å². The van der Waals surface area contributed by atoms with Gasteiger partial charge in [0, 0.05) is 6.54 Å². The van der Waals surface area contributed by atoms with E-state index in [0.29, 0.717) is 6.54 Å². The van der Waals surface area contributed by atoms with Gasteiger partial charge in [-0.15, -0.1) is 6.42 Å². The molecule has 0 radical (unpaired) electrons. The van der Waals surface area contributed by atoms with E-state index in [1.165, 1.54) is 0 Å². The van der Waals surface area contributed by atoms with Crippen molar-refractivity contribution < 1.29 is 4.79 Å². The minimum Gasteiger partial charge on any atom is -0.345 e. The molecule has 10 heavy (non-hydrogen) atoms. The monoisotopic (exact) mass is 139 g/mol. The summed E-state index contributed by atoms with van der Waals surface area (Å²) in [6, 6.07) is 0. The summed E-state index contributed by atoms with van der Waals surface area (Å²) in [6.07, 6.45) is 8.14. The van der Waals surface area contributed by atoms with Crippen molar-refractivity contribution in [2.45, 2.75) is 26.2 Å². The summed E-state index contributed by atoms with van der Waals surface area (Å²) in [6.45, 7) is 2.82. The van der Waals surface area contributed by atoms with Crippen molar-refractivity contribution in [3.05, 3.63) is 0 Å². The summed E-state index contributed by atoms with van der Waals surface area (Å²) in [7, 11) is 0. The third kappa shape index (κ3) is 5.17. The van der Waals surface area contributed by atoms with Crippen molar-refractivity contribution in [2.24, 2.45) is 0 Å². The number of carbonyl (C=O) groups is 1. The van der Waals surface area contributed by atoms with Gasteiger partial charge in [0.1, 0.15) is 0 Å². The molecule has 0 spiro atoms. The summed E-state index contributed by atoms with van der Waals surface area (Å²) < 4.78 is 0. The Morgan fingerprint density at radius 2 is 2.30 bits per heavy atom. The second-order valence-corrected chi connectivity index (χ2v) is 2.11. The molecular weight excluding hydrogens is 126 g/mol. The summed E-state index contributed by atoms with van der Waals surface area (Å²) in [5.74, 6) is 1.68. The Morgan fingerprint density at radius 1 is 1.60 bits per heavy atom. The van der Waals surface area contributed by atoms with Gasteiger partial charge >= 0.3 is 0 Å². The molecule has 1 N–H and O–H groups in total. The van der Waals surface area contributed by atoms with Crippen molar-refractivity contribution in [3.63, 3.8) is 0 Å². The summed E-state index contributed by atoms with van der Waals surface area (Å²) in [4.78, 5) is 10.4. The highest BCUT2D eigenvalue weighted by atomic mass is 16.1. The molecule has 0 aromatic carbocycles. The van der Waals surface area contributed by atoms with Gasteiger partial charge in [-0.05, 0) is 12.3 Å². The molecule has 0 unspecified atom stereocenters. The smallest absolute Gasteiger partial charge is 0.295 e. The quantitative estimate of drug-likeness (QED) is 0.455. The van der Waals surface area contributed by atoms with Crippen molar-refractivity contribution in [1.29, 1.82) is 0 Å². The number of nitrogens with one attached hydrogen (secondary N) is 1. The van der Waals surface area contributed by atoms with Crippen LogP contribution in [0, 0.1) is 12.3 Å². The van der Waals surface area contributed by atoms with E-state index in [4.69, 9.17) is 6.42 Å². The topological polar surface area (TPSA) is 29.1 Å². The van der Waals surface area contributed by atoms with Crippen LogP contribution in [0.2, 0.25) is 0 Å². The Kier molecular flexibility index (Phi) is 5.56. The summed E-state index contributed by atoms with van der Waals surface area (Å²) >= 11 is 0. The number of amides is 1. The van der Waals surface area contributed by atoms with Crippen molar-refractivity contribution in [1.82, 2.24) is 5.32 Å². The van der Waals surface area contributed by atoms with Crippen molar-refractivity contribution >= 4 is 5.91 Å². The number of unbranched alkanes of at least 4 members (excludes halogenated alkanes) is 2. The lowest BCUT2D eigenvalue weighted by molar-refractivity contribution is -0.115. The number of hydrogen-bond acceptors (Lipinski definition) is 1. The standard InChI is InChI=1S/C8H13NO/c1-3-5-6-7-9-8(10)4-2/h2H,3,5-7H2,1H3,(H,9,10). The molecule has 0 bridgehead atoms. The average Bonchev–Trinajstić information content (AvgIpc) is 1.98. The Hall–Kier alpha value is -0.970. The van der Waals surface area contributed by atoms with Gasteiger partial charge in [0.25, 0.3) is 5.91 Å². The molecule has 0 saturated heterocycles. The Labute approximate surface area is 62.0 Å². The number of carbonyl (C=O) groups excluding carboxylic acids is 1. The first-order chi connectivity index (χ1) is 4.81. The maximum Gasteiger partial charge on any atom is 0.295 e. The van der Waals surface area contributed by atoms with Gasteiger partial charge in [-0.3, -0.25) is 4.79 Å². The summed E-state index contributed by atoms with van der Waals surface area (Å²) in [5.41, 5.74) is 0. The van der Waals surface area contributed by atoms with Gasteiger partial charge in [-0.1, -0.05) is 19.8 Å². The number of terminal acetylenes is 1. The maximum absolute atomic E-state index is 10.4.